The summed E-state index contributed by atoms with van der Waals surface area (Å²) in [6.45, 7) is 6.26. The van der Waals surface area contributed by atoms with Gasteiger partial charge in [-0.2, -0.15) is 4.68 Å². The maximum atomic E-state index is 11.8. The van der Waals surface area contributed by atoms with Crippen molar-refractivity contribution in [2.75, 3.05) is 0 Å². The Kier molecular flexibility index (Phi) is 3.64. The van der Waals surface area contributed by atoms with E-state index in [0.29, 0.717) is 0 Å². The van der Waals surface area contributed by atoms with Gasteiger partial charge in [-0.3, -0.25) is 0 Å². The van der Waals surface area contributed by atoms with Gasteiger partial charge < -0.3 is 4.74 Å². The van der Waals surface area contributed by atoms with Crippen molar-refractivity contribution in [2.45, 2.75) is 32.8 Å². The first-order valence-corrected chi connectivity index (χ1v) is 6.11. The van der Waals surface area contributed by atoms with Crippen LogP contribution in [0.2, 0.25) is 0 Å². The summed E-state index contributed by atoms with van der Waals surface area (Å²) in [4.78, 5) is 11.8. The summed E-state index contributed by atoms with van der Waals surface area (Å²) in [5, 5.41) is 7.76. The fourth-order valence-corrected chi connectivity index (χ4v) is 1.48. The summed E-state index contributed by atoms with van der Waals surface area (Å²) in [7, 11) is 0. The van der Waals surface area contributed by atoms with Crippen molar-refractivity contribution in [3.05, 3.63) is 47.8 Å². The second kappa shape index (κ2) is 5.22. The first-order valence-electron chi connectivity index (χ1n) is 6.11. The number of aromatic nitrogens is 3. The van der Waals surface area contributed by atoms with Crippen molar-refractivity contribution < 1.29 is 9.53 Å². The van der Waals surface area contributed by atoms with Gasteiger partial charge in [0.15, 0.2) is 0 Å². The lowest BCUT2D eigenvalue weighted by Gasteiger charge is -2.12. The lowest BCUT2D eigenvalue weighted by atomic mass is 9.93. The minimum absolute atomic E-state index is 0.141. The highest BCUT2D eigenvalue weighted by Crippen LogP contribution is 2.18. The maximum absolute atomic E-state index is 11.8. The van der Waals surface area contributed by atoms with E-state index in [1.165, 1.54) is 0 Å². The molecule has 0 aliphatic rings. The third-order valence-electron chi connectivity index (χ3n) is 2.65. The number of benzene rings is 1. The van der Waals surface area contributed by atoms with Crippen LogP contribution in [0.3, 0.4) is 0 Å². The summed E-state index contributed by atoms with van der Waals surface area (Å²) in [5.74, 6) is 0. The third-order valence-corrected chi connectivity index (χ3v) is 2.65. The molecule has 5 heteroatoms. The molecule has 0 saturated heterocycles. The van der Waals surface area contributed by atoms with Crippen LogP contribution in [0, 0.1) is 0 Å². The van der Waals surface area contributed by atoms with Crippen molar-refractivity contribution in [1.29, 1.82) is 0 Å². The molecule has 100 valence electrons. The molecular formula is C14H17N3O2. The molecule has 0 N–H and O–H groups in total. The van der Waals surface area contributed by atoms with Gasteiger partial charge in [-0.05, 0) is 5.56 Å². The quantitative estimate of drug-likeness (QED) is 0.832. The van der Waals surface area contributed by atoms with Crippen molar-refractivity contribution in [3.8, 4) is 0 Å². The predicted octanol–water partition coefficient (Wildman–Crippen LogP) is 2.76. The minimum Gasteiger partial charge on any atom is -0.443 e. The highest BCUT2D eigenvalue weighted by molar-refractivity contribution is 5.69. The Hall–Kier alpha value is -2.17. The van der Waals surface area contributed by atoms with E-state index in [9.17, 15) is 4.79 Å². The number of hydrogen-bond donors (Lipinski definition) is 0. The highest BCUT2D eigenvalue weighted by atomic mass is 16.6. The summed E-state index contributed by atoms with van der Waals surface area (Å²) < 4.78 is 6.29. The molecular weight excluding hydrogens is 242 g/mol. The largest absolute Gasteiger partial charge is 0.443 e. The topological polar surface area (TPSA) is 57.0 Å². The van der Waals surface area contributed by atoms with E-state index < -0.39 is 6.09 Å². The van der Waals surface area contributed by atoms with E-state index in [1.54, 1.807) is 6.20 Å². The van der Waals surface area contributed by atoms with Gasteiger partial charge >= 0.3 is 6.09 Å². The first-order chi connectivity index (χ1) is 8.97. The first kappa shape index (κ1) is 13.3. The summed E-state index contributed by atoms with van der Waals surface area (Å²) in [5.41, 5.74) is 1.55. The van der Waals surface area contributed by atoms with Crippen molar-refractivity contribution in [3.63, 3.8) is 0 Å². The van der Waals surface area contributed by atoms with Gasteiger partial charge in [-0.1, -0.05) is 56.3 Å². The van der Waals surface area contributed by atoms with Crippen molar-refractivity contribution in [2.24, 2.45) is 0 Å². The Morgan fingerprint density at radius 3 is 2.53 bits per heavy atom. The molecule has 0 bridgehead atoms. The van der Waals surface area contributed by atoms with E-state index in [0.717, 1.165) is 15.9 Å². The number of rotatable bonds is 2. The van der Waals surface area contributed by atoms with E-state index >= 15 is 0 Å². The molecule has 1 aromatic carbocycles. The van der Waals surface area contributed by atoms with Gasteiger partial charge in [-0.15, -0.1) is 5.10 Å². The average Bonchev–Trinajstić information content (AvgIpc) is 2.87. The number of nitrogens with zero attached hydrogens (tertiary/aromatic N) is 3. The van der Waals surface area contributed by atoms with Crippen LogP contribution in [0.1, 0.15) is 32.0 Å². The number of carbonyl (C=O) groups is 1. The van der Waals surface area contributed by atoms with Crippen LogP contribution in [0.15, 0.2) is 36.5 Å². The maximum Gasteiger partial charge on any atom is 0.436 e. The van der Waals surface area contributed by atoms with Gasteiger partial charge in [0.05, 0.1) is 11.9 Å². The smallest absolute Gasteiger partial charge is 0.436 e. The molecule has 0 saturated carbocycles. The lowest BCUT2D eigenvalue weighted by Crippen LogP contribution is -2.15. The zero-order chi connectivity index (χ0) is 13.9. The van der Waals surface area contributed by atoms with Gasteiger partial charge in [0.1, 0.15) is 6.61 Å². The highest BCUT2D eigenvalue weighted by Gasteiger charge is 2.20. The average molecular weight is 259 g/mol. The molecule has 19 heavy (non-hydrogen) atoms. The monoisotopic (exact) mass is 259 g/mol. The zero-order valence-electron chi connectivity index (χ0n) is 11.3. The Morgan fingerprint density at radius 1 is 1.26 bits per heavy atom. The fourth-order valence-electron chi connectivity index (χ4n) is 1.48. The van der Waals surface area contributed by atoms with Crippen LogP contribution in [0.25, 0.3) is 0 Å². The fraction of sp³-hybridized carbons (Fsp3) is 0.357. The molecule has 2 aromatic rings. The van der Waals surface area contributed by atoms with Crippen LogP contribution in [0.5, 0.6) is 0 Å². The molecule has 2 rings (SSSR count). The molecule has 1 heterocycles. The van der Waals surface area contributed by atoms with E-state index in [2.05, 4.69) is 10.3 Å². The molecule has 0 atom stereocenters. The normalized spacial score (nSPS) is 11.3. The SMILES string of the molecule is CC(C)(C)c1cn(C(=O)OCc2ccccc2)nn1. The molecule has 0 spiro atoms. The number of hydrogen-bond acceptors (Lipinski definition) is 4. The Bertz CT molecular complexity index is 556. The molecule has 0 aliphatic carbocycles. The van der Waals surface area contributed by atoms with Gasteiger partial charge in [-0.25, -0.2) is 4.79 Å². The predicted molar refractivity (Wildman–Crippen MR) is 70.7 cm³/mol. The molecule has 1 aromatic heterocycles. The van der Waals surface area contributed by atoms with Gasteiger partial charge in [0.25, 0.3) is 0 Å². The van der Waals surface area contributed by atoms with E-state index in [4.69, 9.17) is 4.74 Å². The zero-order valence-corrected chi connectivity index (χ0v) is 11.3. The minimum atomic E-state index is -0.521. The Morgan fingerprint density at radius 2 is 1.95 bits per heavy atom. The van der Waals surface area contributed by atoms with Crippen LogP contribution >= 0.6 is 0 Å². The lowest BCUT2D eigenvalue weighted by molar-refractivity contribution is 0.137. The van der Waals surface area contributed by atoms with Crippen molar-refractivity contribution in [1.82, 2.24) is 15.0 Å². The molecule has 0 radical (unpaired) electrons. The number of ether oxygens (including phenoxy) is 1. The van der Waals surface area contributed by atoms with Crippen LogP contribution < -0.4 is 0 Å². The van der Waals surface area contributed by atoms with Crippen LogP contribution in [-0.2, 0) is 16.8 Å². The third kappa shape index (κ3) is 3.40. The summed E-state index contributed by atoms with van der Waals surface area (Å²) >= 11 is 0. The second-order valence-corrected chi connectivity index (χ2v) is 5.34. The molecule has 0 amide bonds. The van der Waals surface area contributed by atoms with Crippen molar-refractivity contribution >= 4 is 6.09 Å². The standard InChI is InChI=1S/C14H17N3O2/c1-14(2,3)12-9-17(16-15-12)13(18)19-10-11-7-5-4-6-8-11/h4-9H,10H2,1-3H3. The van der Waals surface area contributed by atoms with Gasteiger partial charge in [0.2, 0.25) is 0 Å². The van der Waals surface area contributed by atoms with Crippen LogP contribution in [0.4, 0.5) is 4.79 Å². The molecule has 0 fully saturated rings. The van der Waals surface area contributed by atoms with Crippen LogP contribution in [-0.4, -0.2) is 21.1 Å². The Balaban J connectivity index is 1.99. The summed E-state index contributed by atoms with van der Waals surface area (Å²) in [6.07, 6.45) is 1.08. The molecule has 0 unspecified atom stereocenters. The molecule has 5 nitrogen and oxygen atoms in total. The Labute approximate surface area is 112 Å². The van der Waals surface area contributed by atoms with Gasteiger partial charge in [0, 0.05) is 5.41 Å². The second-order valence-electron chi connectivity index (χ2n) is 5.34. The summed E-state index contributed by atoms with van der Waals surface area (Å²) in [6, 6.07) is 9.51. The molecule has 0 aliphatic heterocycles. The van der Waals surface area contributed by atoms with E-state index in [1.807, 2.05) is 51.1 Å². The number of carbonyl (C=O) groups excluding carboxylic acids is 1. The van der Waals surface area contributed by atoms with E-state index in [-0.39, 0.29) is 12.0 Å².